The molecule has 0 aliphatic rings. The number of hydrogen-bond acceptors (Lipinski definition) is 3. The predicted octanol–water partition coefficient (Wildman–Crippen LogP) is 2.22. The van der Waals surface area contributed by atoms with E-state index >= 15 is 0 Å². The van der Waals surface area contributed by atoms with E-state index in [4.69, 9.17) is 9.47 Å². The molecule has 0 aliphatic carbocycles. The lowest BCUT2D eigenvalue weighted by atomic mass is 10.2. The predicted molar refractivity (Wildman–Crippen MR) is 53.0 cm³/mol. The van der Waals surface area contributed by atoms with E-state index in [1.807, 2.05) is 6.07 Å². The molecule has 80 valence electrons. The fourth-order valence-corrected chi connectivity index (χ4v) is 1.07. The van der Waals surface area contributed by atoms with Gasteiger partial charge in [0.25, 0.3) is 0 Å². The van der Waals surface area contributed by atoms with Gasteiger partial charge in [-0.05, 0) is 6.07 Å². The normalized spacial score (nSPS) is 10.3. The Hall–Kier alpha value is -1.84. The second-order valence-corrected chi connectivity index (χ2v) is 2.71. The summed E-state index contributed by atoms with van der Waals surface area (Å²) < 4.78 is 21.4. The van der Waals surface area contributed by atoms with Crippen molar-refractivity contribution in [2.24, 2.45) is 0 Å². The average Bonchev–Trinajstić information content (AvgIpc) is 2.27. The van der Waals surface area contributed by atoms with Gasteiger partial charge in [0, 0.05) is 5.56 Å². The Morgan fingerprint density at radius 3 is 2.87 bits per heavy atom. The number of halogens is 1. The number of rotatable bonds is 4. The van der Waals surface area contributed by atoms with Gasteiger partial charge >= 0.3 is 5.97 Å². The van der Waals surface area contributed by atoms with Crippen LogP contribution in [0.15, 0.2) is 36.7 Å². The van der Waals surface area contributed by atoms with Crippen molar-refractivity contribution >= 4 is 5.97 Å². The summed E-state index contributed by atoms with van der Waals surface area (Å²) in [6.45, 7) is 0.0627. The molecular formula is C11H11FO3. The smallest absolute Gasteiger partial charge is 0.333 e. The van der Waals surface area contributed by atoms with Crippen LogP contribution in [0.1, 0.15) is 5.56 Å². The minimum Gasteiger partial charge on any atom is -0.496 e. The third kappa shape index (κ3) is 3.42. The number of esters is 1. The van der Waals surface area contributed by atoms with Crippen molar-refractivity contribution in [1.82, 2.24) is 0 Å². The van der Waals surface area contributed by atoms with E-state index in [0.717, 1.165) is 11.6 Å². The number of carbonyl (C=O) groups excluding carboxylic acids is 1. The Balaban J connectivity index is 2.60. The molecule has 0 spiro atoms. The molecule has 0 amide bonds. The van der Waals surface area contributed by atoms with Gasteiger partial charge < -0.3 is 9.47 Å². The molecule has 0 fully saturated rings. The Kier molecular flexibility index (Phi) is 4.34. The van der Waals surface area contributed by atoms with Crippen LogP contribution in [0, 0.1) is 0 Å². The fraction of sp³-hybridized carbons (Fsp3) is 0.182. The summed E-state index contributed by atoms with van der Waals surface area (Å²) in [6, 6.07) is 7.14. The van der Waals surface area contributed by atoms with Crippen molar-refractivity contribution < 1.29 is 18.7 Å². The zero-order valence-corrected chi connectivity index (χ0v) is 8.27. The highest BCUT2D eigenvalue weighted by Gasteiger charge is 2.03. The first-order valence-corrected chi connectivity index (χ1v) is 4.33. The minimum absolute atomic E-state index is 0.0627. The minimum atomic E-state index is -0.719. The standard InChI is InChI=1S/C11H11FO3/c1-14-10-5-3-2-4-9(10)8-15-11(13)6-7-12/h2-7H,8H2,1H3/b7-6+. The Labute approximate surface area is 87.1 Å². The van der Waals surface area contributed by atoms with E-state index in [1.54, 1.807) is 18.2 Å². The summed E-state index contributed by atoms with van der Waals surface area (Å²) in [7, 11) is 1.53. The molecule has 3 nitrogen and oxygen atoms in total. The maximum absolute atomic E-state index is 11.6. The Bertz CT molecular complexity index is 361. The zero-order valence-electron chi connectivity index (χ0n) is 8.27. The summed E-state index contributed by atoms with van der Waals surface area (Å²) in [5, 5.41) is 0. The summed E-state index contributed by atoms with van der Waals surface area (Å²) in [5.74, 6) is -0.0852. The van der Waals surface area contributed by atoms with Crippen molar-refractivity contribution in [2.75, 3.05) is 7.11 Å². The van der Waals surface area contributed by atoms with Crippen LogP contribution in [0.2, 0.25) is 0 Å². The van der Waals surface area contributed by atoms with Crippen LogP contribution in [0.4, 0.5) is 4.39 Å². The number of ether oxygens (including phenoxy) is 2. The van der Waals surface area contributed by atoms with Crippen molar-refractivity contribution in [2.45, 2.75) is 6.61 Å². The number of methoxy groups -OCH3 is 1. The molecule has 0 aliphatic heterocycles. The van der Waals surface area contributed by atoms with E-state index in [-0.39, 0.29) is 12.9 Å². The number of benzene rings is 1. The molecule has 0 saturated carbocycles. The van der Waals surface area contributed by atoms with Gasteiger partial charge in [0.2, 0.25) is 0 Å². The van der Waals surface area contributed by atoms with E-state index in [2.05, 4.69) is 0 Å². The molecule has 0 aromatic heterocycles. The second kappa shape index (κ2) is 5.80. The first-order valence-electron chi connectivity index (χ1n) is 4.33. The van der Waals surface area contributed by atoms with Crippen molar-refractivity contribution in [1.29, 1.82) is 0 Å². The van der Waals surface area contributed by atoms with Crippen LogP contribution in [-0.4, -0.2) is 13.1 Å². The largest absolute Gasteiger partial charge is 0.496 e. The van der Waals surface area contributed by atoms with Gasteiger partial charge in [0.1, 0.15) is 12.4 Å². The van der Waals surface area contributed by atoms with Gasteiger partial charge in [-0.25, -0.2) is 9.18 Å². The fourth-order valence-electron chi connectivity index (χ4n) is 1.07. The van der Waals surface area contributed by atoms with Gasteiger partial charge in [0.05, 0.1) is 19.5 Å². The molecule has 0 radical (unpaired) electrons. The third-order valence-corrected chi connectivity index (χ3v) is 1.76. The molecule has 0 saturated heterocycles. The van der Waals surface area contributed by atoms with Gasteiger partial charge in [-0.3, -0.25) is 0 Å². The van der Waals surface area contributed by atoms with Gasteiger partial charge in [-0.2, -0.15) is 0 Å². The quantitative estimate of drug-likeness (QED) is 0.564. The monoisotopic (exact) mass is 210 g/mol. The van der Waals surface area contributed by atoms with Gasteiger partial charge in [0.15, 0.2) is 0 Å². The van der Waals surface area contributed by atoms with E-state index in [9.17, 15) is 9.18 Å². The highest BCUT2D eigenvalue weighted by Crippen LogP contribution is 2.17. The summed E-state index contributed by atoms with van der Waals surface area (Å²) in [5.41, 5.74) is 0.737. The second-order valence-electron chi connectivity index (χ2n) is 2.71. The molecule has 15 heavy (non-hydrogen) atoms. The van der Waals surface area contributed by atoms with Crippen LogP contribution >= 0.6 is 0 Å². The first-order chi connectivity index (χ1) is 7.27. The molecule has 0 N–H and O–H groups in total. The van der Waals surface area contributed by atoms with Gasteiger partial charge in [-0.1, -0.05) is 18.2 Å². The summed E-state index contributed by atoms with van der Waals surface area (Å²) >= 11 is 0. The third-order valence-electron chi connectivity index (χ3n) is 1.76. The summed E-state index contributed by atoms with van der Waals surface area (Å²) in [6.07, 6.45) is 0.861. The summed E-state index contributed by atoms with van der Waals surface area (Å²) in [4.78, 5) is 10.8. The van der Waals surface area contributed by atoms with Crippen molar-refractivity contribution in [3.05, 3.63) is 42.2 Å². The molecule has 4 heteroatoms. The molecule has 0 heterocycles. The SMILES string of the molecule is COc1ccccc1COC(=O)/C=C/F. The highest BCUT2D eigenvalue weighted by atomic mass is 19.1. The molecular weight excluding hydrogens is 199 g/mol. The van der Waals surface area contributed by atoms with Crippen molar-refractivity contribution in [3.8, 4) is 5.75 Å². The average molecular weight is 210 g/mol. The molecule has 0 bridgehead atoms. The Morgan fingerprint density at radius 1 is 1.47 bits per heavy atom. The number of hydrogen-bond donors (Lipinski definition) is 0. The van der Waals surface area contributed by atoms with Crippen LogP contribution in [-0.2, 0) is 16.1 Å². The lowest BCUT2D eigenvalue weighted by Crippen LogP contribution is -2.01. The molecule has 1 rings (SSSR count). The topological polar surface area (TPSA) is 35.5 Å². The number of para-hydroxylation sites is 1. The van der Waals surface area contributed by atoms with Gasteiger partial charge in [-0.15, -0.1) is 0 Å². The maximum atomic E-state index is 11.6. The molecule has 0 unspecified atom stereocenters. The molecule has 1 aromatic rings. The van der Waals surface area contributed by atoms with Crippen molar-refractivity contribution in [3.63, 3.8) is 0 Å². The highest BCUT2D eigenvalue weighted by molar-refractivity contribution is 5.81. The lowest BCUT2D eigenvalue weighted by Gasteiger charge is -2.07. The van der Waals surface area contributed by atoms with E-state index in [1.165, 1.54) is 7.11 Å². The van der Waals surface area contributed by atoms with Crippen LogP contribution < -0.4 is 4.74 Å². The van der Waals surface area contributed by atoms with E-state index in [0.29, 0.717) is 5.75 Å². The molecule has 0 atom stereocenters. The number of carbonyl (C=O) groups is 1. The van der Waals surface area contributed by atoms with E-state index < -0.39 is 5.97 Å². The lowest BCUT2D eigenvalue weighted by molar-refractivity contribution is -0.139. The maximum Gasteiger partial charge on any atom is 0.333 e. The zero-order chi connectivity index (χ0) is 11.1. The van der Waals surface area contributed by atoms with Crippen LogP contribution in [0.5, 0.6) is 5.75 Å². The van der Waals surface area contributed by atoms with Crippen LogP contribution in [0.3, 0.4) is 0 Å². The molecule has 1 aromatic carbocycles. The van der Waals surface area contributed by atoms with Crippen LogP contribution in [0.25, 0.3) is 0 Å². The Morgan fingerprint density at radius 2 is 2.20 bits per heavy atom. The first kappa shape index (κ1) is 11.2.